The smallest absolute Gasteiger partial charge is 1.00 e. The SMILES string of the molecule is O=CC(Cl)OS(=O)O.[H-].[Na+]. The Morgan fingerprint density at radius 1 is 1.89 bits per heavy atom. The molecular formula is C2H4ClNaO4S. The van der Waals surface area contributed by atoms with Crippen LogP contribution in [0.15, 0.2) is 0 Å². The van der Waals surface area contributed by atoms with Crippen molar-refractivity contribution in [1.29, 1.82) is 0 Å². The minimum Gasteiger partial charge on any atom is -1.00 e. The summed E-state index contributed by atoms with van der Waals surface area (Å²) in [5.41, 5.74) is -1.33. The predicted molar refractivity (Wildman–Crippen MR) is 28.7 cm³/mol. The van der Waals surface area contributed by atoms with E-state index in [1.165, 1.54) is 0 Å². The van der Waals surface area contributed by atoms with Gasteiger partial charge in [-0.3, -0.25) is 9.35 Å². The molecule has 1 N–H and O–H groups in total. The maximum atomic E-state index is 9.61. The van der Waals surface area contributed by atoms with Crippen molar-refractivity contribution in [2.75, 3.05) is 0 Å². The summed E-state index contributed by atoms with van der Waals surface area (Å²) in [6.45, 7) is 0. The van der Waals surface area contributed by atoms with Crippen LogP contribution in [0.4, 0.5) is 0 Å². The number of alkyl halides is 1. The van der Waals surface area contributed by atoms with Crippen molar-refractivity contribution in [3.8, 4) is 0 Å². The molecule has 9 heavy (non-hydrogen) atoms. The van der Waals surface area contributed by atoms with Crippen LogP contribution in [0.25, 0.3) is 0 Å². The van der Waals surface area contributed by atoms with E-state index in [9.17, 15) is 9.00 Å². The number of hydrogen-bond donors (Lipinski definition) is 1. The van der Waals surface area contributed by atoms with Crippen LogP contribution in [0.2, 0.25) is 0 Å². The molecule has 0 aromatic heterocycles. The molecule has 0 bridgehead atoms. The molecule has 0 aliphatic heterocycles. The molecule has 0 aliphatic rings. The number of carbonyl (C=O) groups excluding carboxylic acids is 1. The molecule has 0 rings (SSSR count). The summed E-state index contributed by atoms with van der Waals surface area (Å²) in [7, 11) is 0. The molecule has 2 unspecified atom stereocenters. The first-order valence-corrected chi connectivity index (χ1v) is 3.01. The van der Waals surface area contributed by atoms with E-state index in [-0.39, 0.29) is 37.3 Å². The fraction of sp³-hybridized carbons (Fsp3) is 0.500. The molecule has 0 spiro atoms. The molecule has 0 saturated heterocycles. The summed E-state index contributed by atoms with van der Waals surface area (Å²) >= 11 is 2.46. The molecule has 0 heterocycles. The van der Waals surface area contributed by atoms with Crippen molar-refractivity contribution in [3.63, 3.8) is 0 Å². The van der Waals surface area contributed by atoms with Crippen LogP contribution in [-0.4, -0.2) is 20.6 Å². The molecule has 0 amide bonds. The maximum Gasteiger partial charge on any atom is 1.00 e. The van der Waals surface area contributed by atoms with E-state index >= 15 is 0 Å². The third-order valence-electron chi connectivity index (χ3n) is 0.281. The van der Waals surface area contributed by atoms with Gasteiger partial charge in [0.05, 0.1) is 0 Å². The van der Waals surface area contributed by atoms with Crippen LogP contribution in [0.5, 0.6) is 0 Å². The van der Waals surface area contributed by atoms with Gasteiger partial charge in [0, 0.05) is 0 Å². The zero-order valence-electron chi connectivity index (χ0n) is 5.61. The van der Waals surface area contributed by atoms with Gasteiger partial charge in [-0.15, -0.1) is 0 Å². The van der Waals surface area contributed by atoms with Gasteiger partial charge in [0.15, 0.2) is 6.29 Å². The molecule has 0 aliphatic carbocycles. The zero-order valence-corrected chi connectivity index (χ0v) is 8.19. The van der Waals surface area contributed by atoms with Crippen molar-refractivity contribution in [2.45, 2.75) is 5.56 Å². The second-order valence-corrected chi connectivity index (χ2v) is 1.86. The fourth-order valence-corrected chi connectivity index (χ4v) is 0.491. The van der Waals surface area contributed by atoms with Gasteiger partial charge in [-0.05, 0) is 0 Å². The van der Waals surface area contributed by atoms with Crippen LogP contribution in [0.3, 0.4) is 0 Å². The van der Waals surface area contributed by atoms with Crippen molar-refractivity contribution < 1.29 is 48.7 Å². The number of rotatable bonds is 3. The van der Waals surface area contributed by atoms with E-state index in [4.69, 9.17) is 16.2 Å². The number of aldehydes is 1. The summed E-state index contributed by atoms with van der Waals surface area (Å²) in [6.07, 6.45) is 0.204. The van der Waals surface area contributed by atoms with Crippen LogP contribution >= 0.6 is 11.6 Å². The Kier molecular flexibility index (Phi) is 10.1. The Morgan fingerprint density at radius 2 is 2.33 bits per heavy atom. The molecular weight excluding hydrogens is 179 g/mol. The van der Waals surface area contributed by atoms with Gasteiger partial charge in [0.1, 0.15) is 0 Å². The molecule has 0 aromatic rings. The third-order valence-corrected chi connectivity index (χ3v) is 0.951. The van der Waals surface area contributed by atoms with E-state index in [1.807, 2.05) is 0 Å². The van der Waals surface area contributed by atoms with E-state index in [1.54, 1.807) is 0 Å². The number of halogens is 1. The Morgan fingerprint density at radius 3 is 2.44 bits per heavy atom. The molecule has 0 saturated carbocycles. The summed E-state index contributed by atoms with van der Waals surface area (Å²) < 4.78 is 21.3. The van der Waals surface area contributed by atoms with Gasteiger partial charge in [-0.2, -0.15) is 4.21 Å². The summed E-state index contributed by atoms with van der Waals surface area (Å²) in [5, 5.41) is 0. The van der Waals surface area contributed by atoms with Crippen LogP contribution in [0.1, 0.15) is 1.43 Å². The Bertz CT molecular complexity index is 113. The van der Waals surface area contributed by atoms with Crippen molar-refractivity contribution in [2.24, 2.45) is 0 Å². The maximum absolute atomic E-state index is 9.61. The first-order valence-electron chi connectivity index (χ1n) is 1.54. The van der Waals surface area contributed by atoms with E-state index in [0.29, 0.717) is 0 Å². The van der Waals surface area contributed by atoms with Gasteiger partial charge in [-0.1, -0.05) is 11.6 Å². The van der Waals surface area contributed by atoms with E-state index < -0.39 is 16.9 Å². The molecule has 0 radical (unpaired) electrons. The van der Waals surface area contributed by atoms with Gasteiger partial charge in [0.25, 0.3) is 0 Å². The number of hydrogen-bond acceptors (Lipinski definition) is 3. The molecule has 0 fully saturated rings. The first-order chi connectivity index (χ1) is 3.66. The number of carbonyl (C=O) groups is 1. The molecule has 2 atom stereocenters. The average Bonchev–Trinajstić information content (AvgIpc) is 1.65. The minimum atomic E-state index is -2.46. The molecule has 50 valence electrons. The van der Waals surface area contributed by atoms with Gasteiger partial charge < -0.3 is 1.43 Å². The topological polar surface area (TPSA) is 63.6 Å². The van der Waals surface area contributed by atoms with Crippen molar-refractivity contribution in [3.05, 3.63) is 0 Å². The Hall–Kier alpha value is 1.03. The van der Waals surface area contributed by atoms with Gasteiger partial charge >= 0.3 is 40.9 Å². The first kappa shape index (κ1) is 12.7. The monoisotopic (exact) mass is 182 g/mol. The van der Waals surface area contributed by atoms with Crippen molar-refractivity contribution in [1.82, 2.24) is 0 Å². The predicted octanol–water partition coefficient (Wildman–Crippen LogP) is -2.98. The summed E-state index contributed by atoms with van der Waals surface area (Å²) in [4.78, 5) is 9.54. The van der Waals surface area contributed by atoms with Crippen molar-refractivity contribution >= 4 is 29.2 Å². The Labute approximate surface area is 83.2 Å². The normalized spacial score (nSPS) is 15.3. The van der Waals surface area contributed by atoms with Gasteiger partial charge in [0.2, 0.25) is 5.56 Å². The minimum absolute atomic E-state index is 0. The molecule has 7 heteroatoms. The largest absolute Gasteiger partial charge is 1.00 e. The van der Waals surface area contributed by atoms with Crippen LogP contribution in [-0.2, 0) is 20.3 Å². The van der Waals surface area contributed by atoms with Crippen LogP contribution in [0, 0.1) is 0 Å². The summed E-state index contributed by atoms with van der Waals surface area (Å²) in [6, 6.07) is 0. The van der Waals surface area contributed by atoms with E-state index in [0.717, 1.165) is 0 Å². The average molecular weight is 183 g/mol. The molecule has 4 nitrogen and oxygen atoms in total. The second kappa shape index (κ2) is 7.14. The standard InChI is InChI=1S/C2H3ClO4S.Na.H/c3-2(1-4)7-8(5)6;;/h1-2H,(H,5,6);;/q;+1;-1. The second-order valence-electron chi connectivity index (χ2n) is 0.801. The summed E-state index contributed by atoms with van der Waals surface area (Å²) in [5.74, 6) is 0. The molecule has 0 aromatic carbocycles. The van der Waals surface area contributed by atoms with Gasteiger partial charge in [-0.25, -0.2) is 4.18 Å². The quantitative estimate of drug-likeness (QED) is 0.219. The van der Waals surface area contributed by atoms with Crippen LogP contribution < -0.4 is 29.6 Å². The third kappa shape index (κ3) is 9.03. The van der Waals surface area contributed by atoms with E-state index in [2.05, 4.69) is 4.18 Å². The Balaban J connectivity index is -0.000000245. The fourth-order valence-electron chi connectivity index (χ4n) is 0.101. The zero-order chi connectivity index (χ0) is 6.57.